The van der Waals surface area contributed by atoms with Crippen LogP contribution < -0.4 is 11.0 Å². The molecule has 2 aromatic carbocycles. The summed E-state index contributed by atoms with van der Waals surface area (Å²) in [6, 6.07) is 14.3. The Hall–Kier alpha value is -3.94. The minimum Gasteiger partial charge on any atom is -0.322 e. The molecule has 0 spiro atoms. The number of carbonyl (C=O) groups excluding carboxylic acids is 1. The van der Waals surface area contributed by atoms with Gasteiger partial charge in [-0.2, -0.15) is 0 Å². The van der Waals surface area contributed by atoms with E-state index in [1.165, 1.54) is 4.57 Å². The first-order chi connectivity index (χ1) is 13.5. The summed E-state index contributed by atoms with van der Waals surface area (Å²) in [5, 5.41) is 10.7. The highest BCUT2D eigenvalue weighted by atomic mass is 16.2. The highest BCUT2D eigenvalue weighted by molar-refractivity contribution is 6.04. The summed E-state index contributed by atoms with van der Waals surface area (Å²) in [6.45, 7) is 3.68. The molecule has 28 heavy (non-hydrogen) atoms. The first kappa shape index (κ1) is 17.5. The highest BCUT2D eigenvalue weighted by Gasteiger charge is 2.11. The minimum atomic E-state index is -0.263. The van der Waals surface area contributed by atoms with Gasteiger partial charge < -0.3 is 10.3 Å². The molecule has 0 fully saturated rings. The molecule has 1 amide bonds. The van der Waals surface area contributed by atoms with Gasteiger partial charge in [0.15, 0.2) is 0 Å². The van der Waals surface area contributed by atoms with Gasteiger partial charge in [0, 0.05) is 23.1 Å². The lowest BCUT2D eigenvalue weighted by molar-refractivity contribution is 0.102. The number of hydrogen-bond acceptors (Lipinski definition) is 4. The number of benzene rings is 2. The first-order valence-electron chi connectivity index (χ1n) is 8.69. The topological polar surface area (TPSA) is 97.6 Å². The van der Waals surface area contributed by atoms with E-state index in [1.807, 2.05) is 42.7 Å². The number of hydrogen-bond donors (Lipinski definition) is 2. The lowest BCUT2D eigenvalue weighted by Crippen LogP contribution is -2.17. The molecule has 8 nitrogen and oxygen atoms in total. The largest absolute Gasteiger partial charge is 0.330 e. The van der Waals surface area contributed by atoms with Crippen molar-refractivity contribution in [3.05, 3.63) is 88.6 Å². The van der Waals surface area contributed by atoms with Gasteiger partial charge in [-0.15, -0.1) is 10.2 Å². The minimum absolute atomic E-state index is 0.243. The molecule has 4 rings (SSSR count). The van der Waals surface area contributed by atoms with E-state index < -0.39 is 0 Å². The van der Waals surface area contributed by atoms with Crippen LogP contribution in [0.5, 0.6) is 0 Å². The van der Waals surface area contributed by atoms with Gasteiger partial charge in [-0.3, -0.25) is 13.9 Å². The third kappa shape index (κ3) is 3.23. The average molecular weight is 374 g/mol. The summed E-state index contributed by atoms with van der Waals surface area (Å²) in [6.07, 6.45) is 3.25. The van der Waals surface area contributed by atoms with E-state index in [9.17, 15) is 9.59 Å². The van der Waals surface area contributed by atoms with Crippen LogP contribution in [0.25, 0.3) is 11.4 Å². The van der Waals surface area contributed by atoms with Crippen LogP contribution >= 0.6 is 0 Å². The number of aromatic amines is 1. The zero-order valence-corrected chi connectivity index (χ0v) is 15.4. The van der Waals surface area contributed by atoms with Crippen molar-refractivity contribution in [2.75, 3.05) is 5.32 Å². The van der Waals surface area contributed by atoms with Gasteiger partial charge in [-0.1, -0.05) is 12.1 Å². The molecular formula is C20H18N6O2. The lowest BCUT2D eigenvalue weighted by Gasteiger charge is -2.10. The third-order valence-corrected chi connectivity index (χ3v) is 4.43. The molecule has 4 aromatic rings. The Kier molecular flexibility index (Phi) is 4.36. The second-order valence-corrected chi connectivity index (χ2v) is 6.37. The normalized spacial score (nSPS) is 10.8. The van der Waals surface area contributed by atoms with Crippen molar-refractivity contribution in [2.45, 2.75) is 13.8 Å². The van der Waals surface area contributed by atoms with Gasteiger partial charge in [0.1, 0.15) is 12.2 Å². The van der Waals surface area contributed by atoms with Crippen molar-refractivity contribution in [1.29, 1.82) is 0 Å². The Labute approximate surface area is 160 Å². The Morgan fingerprint density at radius 1 is 1.07 bits per heavy atom. The zero-order valence-electron chi connectivity index (χ0n) is 15.4. The number of aromatic nitrogens is 5. The molecule has 0 bridgehead atoms. The van der Waals surface area contributed by atoms with Crippen molar-refractivity contribution in [2.24, 2.45) is 0 Å². The molecule has 0 unspecified atom stereocenters. The van der Waals surface area contributed by atoms with Gasteiger partial charge in [0.05, 0.1) is 11.4 Å². The van der Waals surface area contributed by atoms with Crippen LogP contribution in [0.2, 0.25) is 0 Å². The number of imidazole rings is 1. The van der Waals surface area contributed by atoms with Gasteiger partial charge >= 0.3 is 5.69 Å². The Bertz CT molecular complexity index is 1220. The molecule has 0 saturated heterocycles. The maximum atomic E-state index is 12.7. The fourth-order valence-corrected chi connectivity index (χ4v) is 3.05. The number of carbonyl (C=O) groups is 1. The van der Waals surface area contributed by atoms with E-state index in [1.54, 1.807) is 36.8 Å². The van der Waals surface area contributed by atoms with Crippen LogP contribution in [0.4, 0.5) is 5.69 Å². The van der Waals surface area contributed by atoms with Crippen LogP contribution in [-0.4, -0.2) is 30.2 Å². The fraction of sp³-hybridized carbons (Fsp3) is 0.100. The molecule has 2 heterocycles. The van der Waals surface area contributed by atoms with Gasteiger partial charge in [-0.25, -0.2) is 4.79 Å². The molecule has 140 valence electrons. The Morgan fingerprint density at radius 2 is 1.86 bits per heavy atom. The quantitative estimate of drug-likeness (QED) is 0.574. The van der Waals surface area contributed by atoms with E-state index in [4.69, 9.17) is 0 Å². The number of anilines is 1. The molecule has 0 saturated carbocycles. The zero-order chi connectivity index (χ0) is 19.7. The smallest absolute Gasteiger partial charge is 0.322 e. The Balaban J connectivity index is 1.61. The summed E-state index contributed by atoms with van der Waals surface area (Å²) in [7, 11) is 0. The van der Waals surface area contributed by atoms with Crippen molar-refractivity contribution >= 4 is 11.6 Å². The number of amides is 1. The number of nitrogens with one attached hydrogen (secondary N) is 2. The second-order valence-electron chi connectivity index (χ2n) is 6.37. The highest BCUT2D eigenvalue weighted by Crippen LogP contribution is 2.17. The van der Waals surface area contributed by atoms with Crippen molar-refractivity contribution in [3.63, 3.8) is 0 Å². The van der Waals surface area contributed by atoms with Crippen LogP contribution in [0.1, 0.15) is 21.9 Å². The summed E-state index contributed by atoms with van der Waals surface area (Å²) < 4.78 is 3.35. The third-order valence-electron chi connectivity index (χ3n) is 4.43. The molecule has 8 heteroatoms. The van der Waals surface area contributed by atoms with Gasteiger partial charge in [0.25, 0.3) is 5.91 Å². The molecule has 0 atom stereocenters. The van der Waals surface area contributed by atoms with Crippen LogP contribution in [-0.2, 0) is 0 Å². The average Bonchev–Trinajstić information content (AvgIpc) is 3.27. The maximum absolute atomic E-state index is 12.7. The first-order valence-corrected chi connectivity index (χ1v) is 8.69. The predicted molar refractivity (Wildman–Crippen MR) is 105 cm³/mol. The molecular weight excluding hydrogens is 356 g/mol. The number of rotatable bonds is 4. The number of nitrogens with zero attached hydrogens (tertiary/aromatic N) is 4. The summed E-state index contributed by atoms with van der Waals surface area (Å²) >= 11 is 0. The molecule has 0 aliphatic heterocycles. The summed E-state index contributed by atoms with van der Waals surface area (Å²) in [5.41, 5.74) is 3.10. The van der Waals surface area contributed by atoms with Crippen molar-refractivity contribution < 1.29 is 4.79 Å². The monoisotopic (exact) mass is 374 g/mol. The van der Waals surface area contributed by atoms with E-state index in [-0.39, 0.29) is 11.6 Å². The Morgan fingerprint density at radius 3 is 2.57 bits per heavy atom. The van der Waals surface area contributed by atoms with E-state index in [0.717, 1.165) is 17.2 Å². The molecule has 0 aliphatic rings. The fourth-order valence-electron chi connectivity index (χ4n) is 3.05. The van der Waals surface area contributed by atoms with E-state index >= 15 is 0 Å². The van der Waals surface area contributed by atoms with Gasteiger partial charge in [0.2, 0.25) is 0 Å². The molecule has 0 aliphatic carbocycles. The van der Waals surface area contributed by atoms with Crippen molar-refractivity contribution in [1.82, 2.24) is 24.3 Å². The SMILES string of the molecule is Cc1nncn1-c1cccc(NC(=O)c2cccc(-n3c(C)c[nH]c3=O)c2)c1. The number of aryl methyl sites for hydroxylation is 2. The summed E-state index contributed by atoms with van der Waals surface area (Å²) in [5.74, 6) is 0.490. The molecule has 2 N–H and O–H groups in total. The maximum Gasteiger partial charge on any atom is 0.330 e. The summed E-state index contributed by atoms with van der Waals surface area (Å²) in [4.78, 5) is 27.4. The predicted octanol–water partition coefficient (Wildman–Crippen LogP) is 2.62. The lowest BCUT2D eigenvalue weighted by atomic mass is 10.1. The van der Waals surface area contributed by atoms with Gasteiger partial charge in [-0.05, 0) is 50.2 Å². The molecule has 2 aromatic heterocycles. The van der Waals surface area contributed by atoms with E-state index in [0.29, 0.717) is 16.9 Å². The van der Waals surface area contributed by atoms with Crippen LogP contribution in [0.15, 0.2) is 65.8 Å². The van der Waals surface area contributed by atoms with Crippen LogP contribution in [0.3, 0.4) is 0 Å². The molecule has 0 radical (unpaired) electrons. The van der Waals surface area contributed by atoms with Crippen molar-refractivity contribution in [3.8, 4) is 11.4 Å². The standard InChI is InChI=1S/C20H18N6O2/c1-13-11-21-20(28)26(13)18-8-3-5-15(9-18)19(27)23-16-6-4-7-17(10-16)25-12-22-24-14(25)2/h3-12H,1-2H3,(H,21,28)(H,23,27). The second kappa shape index (κ2) is 6.99. The number of H-pyrrole nitrogens is 1. The van der Waals surface area contributed by atoms with Crippen LogP contribution in [0, 0.1) is 13.8 Å². The van der Waals surface area contributed by atoms with E-state index in [2.05, 4.69) is 20.5 Å².